The minimum atomic E-state index is -4.04. The minimum Gasteiger partial charge on any atom is -0.444 e. The number of sulfonamides is 1. The summed E-state index contributed by atoms with van der Waals surface area (Å²) in [4.78, 5) is 108. The summed E-state index contributed by atoms with van der Waals surface area (Å²) >= 11 is 2.04. The summed E-state index contributed by atoms with van der Waals surface area (Å²) in [6.45, 7) is 22.3. The van der Waals surface area contributed by atoms with Crippen LogP contribution < -0.4 is 53.5 Å². The molecule has 0 aliphatic rings. The van der Waals surface area contributed by atoms with E-state index in [0.717, 1.165) is 8.14 Å². The first kappa shape index (κ1) is 66.5. The number of nitrogens with zero attached hydrogens (tertiary/aromatic N) is 4. The number of benzene rings is 1. The Bertz CT molecular complexity index is 2830. The van der Waals surface area contributed by atoms with E-state index in [1.807, 2.05) is 22.6 Å². The van der Waals surface area contributed by atoms with Gasteiger partial charge in [-0.15, -0.1) is 0 Å². The van der Waals surface area contributed by atoms with Crippen molar-refractivity contribution in [3.63, 3.8) is 0 Å². The number of nitrogens with two attached hydrogens (primary N) is 1. The number of ether oxygens (including phenoxy) is 4. The van der Waals surface area contributed by atoms with Gasteiger partial charge in [0.25, 0.3) is 33.1 Å². The summed E-state index contributed by atoms with van der Waals surface area (Å²) in [6.07, 6.45) is -3.56. The zero-order valence-corrected chi connectivity index (χ0v) is 49.0. The fourth-order valence-electron chi connectivity index (χ4n) is 5.49. The molecule has 0 aliphatic heterocycles. The van der Waals surface area contributed by atoms with Crippen LogP contribution in [-0.2, 0) is 61.3 Å². The standard InChI is InChI=1S/C27H37IN6O9S.C21H34N6O7/c1-17-8-13-20(33-44(39,40)19-11-9-18(28)10-12-19)22(36)34(17)16-21(35)29-14-15-41-32-23(30-24(37)42-26(2,3)4)31-25(38)43-27(5,6)7;1-13-8-9-14(22)16(29)27(13)12-15(28)23-10-11-32-26-17(24-18(30)33-20(2,3)4)25-19(31)34-21(5,6)7/h8-13,33H,14-16H2,1-7H3,(H,29,35)(H2,30,31,32,37,38);8-9H,10-12,22H2,1-7H3,(H,23,28)(H2,24,25,26,30,31). The van der Waals surface area contributed by atoms with Gasteiger partial charge in [-0.2, -0.15) is 0 Å². The number of pyridine rings is 2. The van der Waals surface area contributed by atoms with E-state index in [1.165, 1.54) is 34.9 Å². The van der Waals surface area contributed by atoms with Crippen molar-refractivity contribution in [2.24, 2.45) is 10.3 Å². The molecule has 0 bridgehead atoms. The van der Waals surface area contributed by atoms with Crippen molar-refractivity contribution in [2.45, 2.75) is 137 Å². The lowest BCUT2D eigenvalue weighted by atomic mass is 10.2. The van der Waals surface area contributed by atoms with Crippen LogP contribution >= 0.6 is 22.6 Å². The van der Waals surface area contributed by atoms with Gasteiger partial charge in [0.05, 0.1) is 23.7 Å². The fourth-order valence-corrected chi connectivity index (χ4v) is 6.91. The Balaban J connectivity index is 0.000000552. The number of hydrogen-bond acceptors (Lipinski definition) is 19. The number of alkyl carbamates (subject to hydrolysis) is 4. The molecule has 432 valence electrons. The number of hydrogen-bond donors (Lipinski definition) is 8. The molecule has 0 aliphatic carbocycles. The second kappa shape index (κ2) is 29.2. The Morgan fingerprint density at radius 2 is 0.897 bits per heavy atom. The molecule has 3 rings (SSSR count). The second-order valence-electron chi connectivity index (χ2n) is 20.4. The Labute approximate surface area is 465 Å². The third kappa shape index (κ3) is 26.9. The first-order chi connectivity index (χ1) is 35.8. The summed E-state index contributed by atoms with van der Waals surface area (Å²) in [5.41, 5.74) is 2.05. The predicted molar refractivity (Wildman–Crippen MR) is 296 cm³/mol. The number of nitrogens with one attached hydrogen (secondary N) is 7. The summed E-state index contributed by atoms with van der Waals surface area (Å²) < 4.78 is 51.5. The van der Waals surface area contributed by atoms with Gasteiger partial charge in [-0.25, -0.2) is 27.6 Å². The van der Waals surface area contributed by atoms with Crippen molar-refractivity contribution in [3.05, 3.63) is 84.2 Å². The molecule has 0 saturated carbocycles. The highest BCUT2D eigenvalue weighted by Gasteiger charge is 2.24. The molecule has 0 saturated heterocycles. The maximum atomic E-state index is 13.0. The van der Waals surface area contributed by atoms with E-state index in [-0.39, 0.29) is 55.1 Å². The zero-order chi connectivity index (χ0) is 59.4. The average Bonchev–Trinajstić information content (AvgIpc) is 3.26. The highest BCUT2D eigenvalue weighted by molar-refractivity contribution is 14.1. The van der Waals surface area contributed by atoms with E-state index in [1.54, 1.807) is 115 Å². The van der Waals surface area contributed by atoms with Crippen LogP contribution in [0.3, 0.4) is 0 Å². The van der Waals surface area contributed by atoms with Gasteiger partial charge in [0.15, 0.2) is 0 Å². The Morgan fingerprint density at radius 3 is 1.26 bits per heavy atom. The molecule has 0 radical (unpaired) electrons. The quantitative estimate of drug-likeness (QED) is 0.0264. The normalized spacial score (nSPS) is 11.4. The predicted octanol–water partition coefficient (Wildman–Crippen LogP) is 4.21. The lowest BCUT2D eigenvalue weighted by molar-refractivity contribution is -0.122. The highest BCUT2D eigenvalue weighted by Crippen LogP contribution is 2.16. The first-order valence-corrected chi connectivity index (χ1v) is 26.3. The van der Waals surface area contributed by atoms with Gasteiger partial charge in [0, 0.05) is 15.0 Å². The van der Waals surface area contributed by atoms with Crippen LogP contribution in [0.2, 0.25) is 0 Å². The highest BCUT2D eigenvalue weighted by atomic mass is 127. The molecule has 6 amide bonds. The molecular weight excluding hydrogens is 1160 g/mol. The monoisotopic (exact) mass is 1230 g/mol. The third-order valence-electron chi connectivity index (χ3n) is 8.61. The van der Waals surface area contributed by atoms with E-state index in [0.29, 0.717) is 11.4 Å². The zero-order valence-electron chi connectivity index (χ0n) is 46.0. The molecular formula is C48H71IN12O16S. The van der Waals surface area contributed by atoms with Gasteiger partial charge in [-0.3, -0.25) is 45.2 Å². The van der Waals surface area contributed by atoms with Crippen LogP contribution in [0.25, 0.3) is 0 Å². The number of oxime groups is 2. The van der Waals surface area contributed by atoms with Gasteiger partial charge in [-0.05, 0) is 178 Å². The fraction of sp³-hybridized carbons (Fsp3) is 0.500. The van der Waals surface area contributed by atoms with E-state index >= 15 is 0 Å². The van der Waals surface area contributed by atoms with Gasteiger partial charge < -0.3 is 54.1 Å². The van der Waals surface area contributed by atoms with Crippen molar-refractivity contribution in [1.29, 1.82) is 0 Å². The third-order valence-corrected chi connectivity index (χ3v) is 10.7. The average molecular weight is 1230 g/mol. The number of halogens is 1. The van der Waals surface area contributed by atoms with Crippen molar-refractivity contribution in [1.82, 2.24) is 41.0 Å². The summed E-state index contributed by atoms with van der Waals surface area (Å²) in [5, 5.41) is 21.4. The van der Waals surface area contributed by atoms with Crippen molar-refractivity contribution in [3.8, 4) is 0 Å². The lowest BCUT2D eigenvalue weighted by Crippen LogP contribution is -2.47. The molecule has 1 aromatic carbocycles. The molecule has 0 unspecified atom stereocenters. The summed E-state index contributed by atoms with van der Waals surface area (Å²) in [6, 6.07) is 12.0. The van der Waals surface area contributed by atoms with E-state index < -0.39 is 92.2 Å². The topological polar surface area (TPSA) is 371 Å². The van der Waals surface area contributed by atoms with Crippen LogP contribution in [0, 0.1) is 17.4 Å². The van der Waals surface area contributed by atoms with Crippen LogP contribution in [0.5, 0.6) is 0 Å². The minimum absolute atomic E-state index is 0.0180. The van der Waals surface area contributed by atoms with Gasteiger partial charge in [0.2, 0.25) is 11.8 Å². The number of guanidine groups is 2. The molecule has 78 heavy (non-hydrogen) atoms. The smallest absolute Gasteiger partial charge is 0.414 e. The van der Waals surface area contributed by atoms with Crippen LogP contribution in [-0.4, -0.2) is 114 Å². The summed E-state index contributed by atoms with van der Waals surface area (Å²) in [7, 11) is -4.04. The number of carbonyl (C=O) groups excluding carboxylic acids is 6. The molecule has 2 aromatic heterocycles. The van der Waals surface area contributed by atoms with Crippen molar-refractivity contribution < 1.29 is 65.8 Å². The number of anilines is 2. The Morgan fingerprint density at radius 1 is 0.551 bits per heavy atom. The first-order valence-electron chi connectivity index (χ1n) is 23.7. The lowest BCUT2D eigenvalue weighted by Gasteiger charge is -2.21. The SMILES string of the molecule is Cc1ccc(N)c(=O)n1CC(=O)NCCON=C(NC(=O)OC(C)(C)C)NC(=O)OC(C)(C)C.Cc1ccc(NS(=O)(=O)c2ccc(I)cc2)c(=O)n1CC(=O)NCCON=C(NC(=O)OC(C)(C)C)NC(=O)OC(C)(C)C. The number of carbonyl (C=O) groups is 6. The van der Waals surface area contributed by atoms with Crippen molar-refractivity contribution in [2.75, 3.05) is 36.8 Å². The number of rotatable bonds is 15. The number of aromatic nitrogens is 2. The van der Waals surface area contributed by atoms with Gasteiger partial charge in [0.1, 0.15) is 54.4 Å². The van der Waals surface area contributed by atoms with Crippen molar-refractivity contribution >= 4 is 92.1 Å². The molecule has 30 heteroatoms. The van der Waals surface area contributed by atoms with Gasteiger partial charge >= 0.3 is 24.4 Å². The maximum Gasteiger partial charge on any atom is 0.414 e. The van der Waals surface area contributed by atoms with Crippen LogP contribution in [0.1, 0.15) is 94.5 Å². The Kier molecular flexibility index (Phi) is 24.9. The largest absolute Gasteiger partial charge is 0.444 e. The molecule has 0 spiro atoms. The molecule has 0 fully saturated rings. The second-order valence-corrected chi connectivity index (χ2v) is 23.3. The number of aryl methyl sites for hydroxylation is 2. The number of amides is 6. The molecule has 9 N–H and O–H groups in total. The Hall–Kier alpha value is -7.64. The molecule has 28 nitrogen and oxygen atoms in total. The van der Waals surface area contributed by atoms with E-state index in [2.05, 4.69) is 46.9 Å². The van der Waals surface area contributed by atoms with Crippen LogP contribution in [0.4, 0.5) is 30.6 Å². The van der Waals surface area contributed by atoms with E-state index in [4.69, 9.17) is 34.4 Å². The van der Waals surface area contributed by atoms with E-state index in [9.17, 15) is 46.8 Å². The number of nitrogen functional groups attached to an aromatic ring is 1. The van der Waals surface area contributed by atoms with Gasteiger partial charge in [-0.1, -0.05) is 0 Å². The maximum absolute atomic E-state index is 13.0. The molecule has 2 heterocycles. The van der Waals surface area contributed by atoms with Crippen LogP contribution in [0.15, 0.2) is 73.3 Å². The molecule has 3 aromatic rings. The summed E-state index contributed by atoms with van der Waals surface area (Å²) in [5.74, 6) is -1.79. The molecule has 0 atom stereocenters.